The van der Waals surface area contributed by atoms with Crippen LogP contribution in [0.5, 0.6) is 0 Å². The van der Waals surface area contributed by atoms with Crippen LogP contribution >= 0.6 is 0 Å². The molecule has 0 spiro atoms. The highest BCUT2D eigenvalue weighted by molar-refractivity contribution is 6.02. The van der Waals surface area contributed by atoms with Crippen LogP contribution in [-0.4, -0.2) is 45.7 Å². The zero-order valence-corrected chi connectivity index (χ0v) is 17.0. The lowest BCUT2D eigenvalue weighted by atomic mass is 10.0. The Hall–Kier alpha value is -3.75. The molecule has 1 unspecified atom stereocenters. The number of aromatic nitrogens is 1. The Morgan fingerprint density at radius 3 is 2.71 bits per heavy atom. The van der Waals surface area contributed by atoms with Crippen molar-refractivity contribution in [2.45, 2.75) is 44.2 Å². The molecule has 0 bridgehead atoms. The van der Waals surface area contributed by atoms with Crippen molar-refractivity contribution >= 4 is 23.4 Å². The molecule has 5 N–H and O–H groups in total. The molecule has 1 aliphatic heterocycles. The van der Waals surface area contributed by atoms with Crippen molar-refractivity contribution in [1.29, 1.82) is 5.41 Å². The molecule has 0 aliphatic carbocycles. The van der Waals surface area contributed by atoms with Crippen LogP contribution < -0.4 is 11.1 Å². The zero-order chi connectivity index (χ0) is 22.2. The molecule has 1 amide bonds. The molecular weight excluding hydrogens is 398 g/mol. The fraction of sp³-hybridized carbons (Fsp3) is 0.318. The molecule has 1 aliphatic rings. The van der Waals surface area contributed by atoms with E-state index in [1.165, 1.54) is 0 Å². The van der Waals surface area contributed by atoms with Crippen LogP contribution in [0.2, 0.25) is 0 Å². The summed E-state index contributed by atoms with van der Waals surface area (Å²) in [5.74, 6) is -1.25. The predicted octanol–water partition coefficient (Wildman–Crippen LogP) is 1.84. The minimum atomic E-state index is -0.965. The summed E-state index contributed by atoms with van der Waals surface area (Å²) in [4.78, 5) is 33.1. The number of carboxylic acids is 1. The van der Waals surface area contributed by atoms with Crippen LogP contribution in [0.15, 0.2) is 53.9 Å². The van der Waals surface area contributed by atoms with E-state index < -0.39 is 18.1 Å². The van der Waals surface area contributed by atoms with Crippen LogP contribution in [-0.2, 0) is 20.8 Å². The molecule has 162 valence electrons. The topological polar surface area (TPSA) is 151 Å². The van der Waals surface area contributed by atoms with Gasteiger partial charge in [-0.15, -0.1) is 0 Å². The summed E-state index contributed by atoms with van der Waals surface area (Å²) in [7, 11) is 0. The van der Waals surface area contributed by atoms with Gasteiger partial charge in [-0.1, -0.05) is 35.5 Å². The normalized spacial score (nSPS) is 16.1. The standard InChI is InChI=1S/C22H25N5O4/c23-22(24)16-6-4-15(5-7-16)19-11-18(31-27-19)12-20(28)26-17(10-21(29)30)8-3-14-2-1-9-25-13-14/h1-2,4-7,9,13,17-18H,3,8,10-12H2,(H3,23,24)(H,26,28)(H,29,30)/t17-,18?/m1/s1. The molecule has 0 radical (unpaired) electrons. The third-order valence-electron chi connectivity index (χ3n) is 4.97. The number of aryl methyl sites for hydroxylation is 1. The Labute approximate surface area is 179 Å². The number of pyridine rings is 1. The Balaban J connectivity index is 1.50. The van der Waals surface area contributed by atoms with Gasteiger partial charge < -0.3 is 21.0 Å². The number of amides is 1. The lowest BCUT2D eigenvalue weighted by molar-refractivity contribution is -0.137. The van der Waals surface area contributed by atoms with Gasteiger partial charge in [0, 0.05) is 30.4 Å². The van der Waals surface area contributed by atoms with Crippen molar-refractivity contribution < 1.29 is 19.5 Å². The van der Waals surface area contributed by atoms with Crippen molar-refractivity contribution in [3.63, 3.8) is 0 Å². The van der Waals surface area contributed by atoms with E-state index in [4.69, 9.17) is 21.1 Å². The van der Waals surface area contributed by atoms with Crippen molar-refractivity contribution in [1.82, 2.24) is 10.3 Å². The second kappa shape index (κ2) is 10.3. The van der Waals surface area contributed by atoms with Crippen LogP contribution in [0.1, 0.15) is 42.4 Å². The molecular formula is C22H25N5O4. The zero-order valence-electron chi connectivity index (χ0n) is 17.0. The molecule has 0 saturated carbocycles. The highest BCUT2D eigenvalue weighted by Crippen LogP contribution is 2.20. The lowest BCUT2D eigenvalue weighted by Gasteiger charge is -2.18. The molecule has 31 heavy (non-hydrogen) atoms. The first-order valence-electron chi connectivity index (χ1n) is 9.98. The van der Waals surface area contributed by atoms with Crippen molar-refractivity contribution in [3.8, 4) is 0 Å². The van der Waals surface area contributed by atoms with Gasteiger partial charge in [-0.3, -0.25) is 20.0 Å². The smallest absolute Gasteiger partial charge is 0.305 e. The van der Waals surface area contributed by atoms with Crippen LogP contribution in [0.4, 0.5) is 0 Å². The lowest BCUT2D eigenvalue weighted by Crippen LogP contribution is -2.38. The van der Waals surface area contributed by atoms with Gasteiger partial charge in [-0.25, -0.2) is 0 Å². The van der Waals surface area contributed by atoms with E-state index in [0.717, 1.165) is 11.1 Å². The number of carbonyl (C=O) groups is 2. The minimum absolute atomic E-state index is 0.00912. The largest absolute Gasteiger partial charge is 0.481 e. The number of hydrogen-bond donors (Lipinski definition) is 4. The maximum Gasteiger partial charge on any atom is 0.305 e. The van der Waals surface area contributed by atoms with Crippen molar-refractivity contribution in [2.75, 3.05) is 0 Å². The Morgan fingerprint density at radius 2 is 2.06 bits per heavy atom. The molecule has 2 aromatic rings. The van der Waals surface area contributed by atoms with Crippen LogP contribution in [0, 0.1) is 5.41 Å². The number of benzene rings is 1. The number of nitrogens with two attached hydrogens (primary N) is 1. The fourth-order valence-corrected chi connectivity index (χ4v) is 3.37. The third kappa shape index (κ3) is 6.63. The molecule has 9 heteroatoms. The van der Waals surface area contributed by atoms with E-state index >= 15 is 0 Å². The predicted molar refractivity (Wildman–Crippen MR) is 115 cm³/mol. The third-order valence-corrected chi connectivity index (χ3v) is 4.97. The number of hydrogen-bond acceptors (Lipinski definition) is 6. The Kier molecular flexibility index (Phi) is 7.31. The number of oxime groups is 1. The Bertz CT molecular complexity index is 960. The quantitative estimate of drug-likeness (QED) is 0.338. The summed E-state index contributed by atoms with van der Waals surface area (Å²) < 4.78 is 0. The molecule has 2 atom stereocenters. The average molecular weight is 423 g/mol. The highest BCUT2D eigenvalue weighted by Gasteiger charge is 2.26. The van der Waals surface area contributed by atoms with Gasteiger partial charge in [0.2, 0.25) is 5.91 Å². The molecule has 0 fully saturated rings. The molecule has 1 aromatic heterocycles. The number of rotatable bonds is 10. The van der Waals surface area contributed by atoms with Crippen molar-refractivity contribution in [3.05, 3.63) is 65.5 Å². The first-order valence-corrected chi connectivity index (χ1v) is 9.98. The molecule has 0 saturated heterocycles. The van der Waals surface area contributed by atoms with Crippen LogP contribution in [0.25, 0.3) is 0 Å². The monoisotopic (exact) mass is 423 g/mol. The maximum atomic E-state index is 12.5. The van der Waals surface area contributed by atoms with Gasteiger partial charge in [0.15, 0.2) is 0 Å². The second-order valence-electron chi connectivity index (χ2n) is 7.43. The second-order valence-corrected chi connectivity index (χ2v) is 7.43. The number of nitrogen functional groups attached to an aromatic ring is 1. The van der Waals surface area contributed by atoms with Gasteiger partial charge in [0.1, 0.15) is 11.9 Å². The number of carbonyl (C=O) groups excluding carboxylic acids is 1. The van der Waals surface area contributed by atoms with Crippen molar-refractivity contribution in [2.24, 2.45) is 10.9 Å². The summed E-state index contributed by atoms with van der Waals surface area (Å²) in [5, 5.41) is 23.5. The van der Waals surface area contributed by atoms with Gasteiger partial charge in [-0.05, 0) is 30.0 Å². The summed E-state index contributed by atoms with van der Waals surface area (Å²) in [6.45, 7) is 0. The average Bonchev–Trinajstić information content (AvgIpc) is 3.20. The number of aliphatic carboxylic acids is 1. The summed E-state index contributed by atoms with van der Waals surface area (Å²) in [6.07, 6.45) is 4.51. The summed E-state index contributed by atoms with van der Waals surface area (Å²) >= 11 is 0. The summed E-state index contributed by atoms with van der Waals surface area (Å²) in [6, 6.07) is 10.3. The van der Waals surface area contributed by atoms with E-state index in [0.29, 0.717) is 30.5 Å². The molecule has 3 rings (SSSR count). The van der Waals surface area contributed by atoms with Gasteiger partial charge in [-0.2, -0.15) is 0 Å². The first kappa shape index (κ1) is 21.9. The first-order chi connectivity index (χ1) is 14.9. The SMILES string of the molecule is N=C(N)c1ccc(C2=NOC(CC(=O)N[C@H](CCc3cccnc3)CC(=O)O)C2)cc1. The fourth-order valence-electron chi connectivity index (χ4n) is 3.37. The number of nitrogens with one attached hydrogen (secondary N) is 2. The van der Waals surface area contributed by atoms with Crippen LogP contribution in [0.3, 0.4) is 0 Å². The molecule has 2 heterocycles. The van der Waals surface area contributed by atoms with Gasteiger partial charge in [0.05, 0.1) is 18.6 Å². The number of carboxylic acid groups (broad SMARTS) is 1. The number of amidine groups is 1. The molecule has 1 aromatic carbocycles. The van der Waals surface area contributed by atoms with E-state index in [9.17, 15) is 9.59 Å². The van der Waals surface area contributed by atoms with E-state index in [-0.39, 0.29) is 24.6 Å². The highest BCUT2D eigenvalue weighted by atomic mass is 16.6. The van der Waals surface area contributed by atoms with E-state index in [2.05, 4.69) is 15.5 Å². The minimum Gasteiger partial charge on any atom is -0.481 e. The van der Waals surface area contributed by atoms with E-state index in [1.54, 1.807) is 24.5 Å². The Morgan fingerprint density at radius 1 is 1.29 bits per heavy atom. The maximum absolute atomic E-state index is 12.5. The van der Waals surface area contributed by atoms with Gasteiger partial charge in [0.25, 0.3) is 0 Å². The summed E-state index contributed by atoms with van der Waals surface area (Å²) in [5.41, 5.74) is 8.62. The van der Waals surface area contributed by atoms with E-state index in [1.807, 2.05) is 24.3 Å². The molecule has 9 nitrogen and oxygen atoms in total. The number of nitrogens with zero attached hydrogens (tertiary/aromatic N) is 2. The van der Waals surface area contributed by atoms with Gasteiger partial charge >= 0.3 is 5.97 Å².